The van der Waals surface area contributed by atoms with Crippen molar-refractivity contribution in [3.8, 4) is 6.07 Å². The van der Waals surface area contributed by atoms with Crippen LogP contribution in [0.5, 0.6) is 0 Å². The minimum Gasteiger partial charge on any atom is -0.373 e. The fraction of sp³-hybridized carbons (Fsp3) is 0.500. The Morgan fingerprint density at radius 1 is 1.40 bits per heavy atom. The van der Waals surface area contributed by atoms with Gasteiger partial charge in [-0.2, -0.15) is 9.57 Å². The SMILES string of the molecule is Cc1cc(S(=O)(=O)N2CCOC(C)(C)C2)ccc1C#N. The van der Waals surface area contributed by atoms with E-state index in [9.17, 15) is 8.42 Å². The largest absolute Gasteiger partial charge is 0.373 e. The van der Waals surface area contributed by atoms with Crippen LogP contribution in [0, 0.1) is 18.3 Å². The summed E-state index contributed by atoms with van der Waals surface area (Å²) >= 11 is 0. The first-order valence-corrected chi connectivity index (χ1v) is 7.85. The van der Waals surface area contributed by atoms with E-state index in [0.717, 1.165) is 0 Å². The molecule has 5 nitrogen and oxygen atoms in total. The van der Waals surface area contributed by atoms with E-state index in [1.54, 1.807) is 19.1 Å². The Hall–Kier alpha value is -1.42. The van der Waals surface area contributed by atoms with Gasteiger partial charge in [-0.3, -0.25) is 0 Å². The van der Waals surface area contributed by atoms with E-state index < -0.39 is 15.6 Å². The molecule has 0 amide bonds. The van der Waals surface area contributed by atoms with Gasteiger partial charge < -0.3 is 4.74 Å². The standard InChI is InChI=1S/C14H18N2O3S/c1-11-8-13(5-4-12(11)9-15)20(17,18)16-6-7-19-14(2,3)10-16/h4-5,8H,6-7,10H2,1-3H3. The molecule has 2 rings (SSSR count). The molecule has 20 heavy (non-hydrogen) atoms. The highest BCUT2D eigenvalue weighted by atomic mass is 32.2. The molecule has 1 aliphatic rings. The molecular formula is C14H18N2O3S. The van der Waals surface area contributed by atoms with Crippen LogP contribution < -0.4 is 0 Å². The van der Waals surface area contributed by atoms with Crippen LogP contribution in [0.25, 0.3) is 0 Å². The van der Waals surface area contributed by atoms with Crippen LogP contribution in [0.4, 0.5) is 0 Å². The van der Waals surface area contributed by atoms with Crippen molar-refractivity contribution in [2.75, 3.05) is 19.7 Å². The molecule has 0 N–H and O–H groups in total. The highest BCUT2D eigenvalue weighted by molar-refractivity contribution is 7.89. The van der Waals surface area contributed by atoms with Crippen LogP contribution in [0.2, 0.25) is 0 Å². The van der Waals surface area contributed by atoms with Crippen molar-refractivity contribution in [3.63, 3.8) is 0 Å². The second kappa shape index (κ2) is 5.17. The smallest absolute Gasteiger partial charge is 0.243 e. The van der Waals surface area contributed by atoms with E-state index in [1.165, 1.54) is 10.4 Å². The maximum absolute atomic E-state index is 12.6. The summed E-state index contributed by atoms with van der Waals surface area (Å²) in [5.74, 6) is 0. The van der Waals surface area contributed by atoms with E-state index in [2.05, 4.69) is 0 Å². The Labute approximate surface area is 119 Å². The summed E-state index contributed by atoms with van der Waals surface area (Å²) in [7, 11) is -3.54. The van der Waals surface area contributed by atoms with E-state index in [1.807, 2.05) is 19.9 Å². The van der Waals surface area contributed by atoms with E-state index in [4.69, 9.17) is 10.00 Å². The summed E-state index contributed by atoms with van der Waals surface area (Å²) in [6.07, 6.45) is 0. The lowest BCUT2D eigenvalue weighted by Gasteiger charge is -2.37. The van der Waals surface area contributed by atoms with Gasteiger partial charge in [-0.25, -0.2) is 8.42 Å². The zero-order valence-corrected chi connectivity index (χ0v) is 12.7. The average molecular weight is 294 g/mol. The molecule has 0 spiro atoms. The van der Waals surface area contributed by atoms with Crippen LogP contribution in [0.15, 0.2) is 23.1 Å². The number of sulfonamides is 1. The number of ether oxygens (including phenoxy) is 1. The quantitative estimate of drug-likeness (QED) is 0.832. The second-order valence-corrected chi connectivity index (χ2v) is 7.47. The third-order valence-electron chi connectivity index (χ3n) is 3.35. The lowest BCUT2D eigenvalue weighted by Crippen LogP contribution is -2.50. The van der Waals surface area contributed by atoms with Gasteiger partial charge in [-0.05, 0) is 44.5 Å². The Morgan fingerprint density at radius 3 is 2.65 bits per heavy atom. The number of hydrogen-bond donors (Lipinski definition) is 0. The highest BCUT2D eigenvalue weighted by Gasteiger charge is 2.34. The number of rotatable bonds is 2. The molecule has 0 bridgehead atoms. The van der Waals surface area contributed by atoms with Crippen molar-refractivity contribution in [3.05, 3.63) is 29.3 Å². The summed E-state index contributed by atoms with van der Waals surface area (Å²) in [4.78, 5) is 0.228. The average Bonchev–Trinajstić information content (AvgIpc) is 2.37. The van der Waals surface area contributed by atoms with Crippen molar-refractivity contribution in [1.82, 2.24) is 4.31 Å². The molecule has 1 heterocycles. The van der Waals surface area contributed by atoms with Crippen molar-refractivity contribution < 1.29 is 13.2 Å². The first-order valence-electron chi connectivity index (χ1n) is 6.41. The predicted octanol–water partition coefficient (Wildman–Crippen LogP) is 1.67. The lowest BCUT2D eigenvalue weighted by atomic mass is 10.1. The van der Waals surface area contributed by atoms with Crippen LogP contribution in [0.3, 0.4) is 0 Å². The molecule has 0 radical (unpaired) electrons. The molecule has 0 saturated carbocycles. The predicted molar refractivity (Wildman–Crippen MR) is 74.7 cm³/mol. The third-order valence-corrected chi connectivity index (χ3v) is 5.19. The van der Waals surface area contributed by atoms with Gasteiger partial charge in [0.05, 0.1) is 28.7 Å². The Morgan fingerprint density at radius 2 is 2.10 bits per heavy atom. The molecule has 1 aliphatic heterocycles. The monoisotopic (exact) mass is 294 g/mol. The maximum atomic E-state index is 12.6. The molecule has 1 aromatic carbocycles. The van der Waals surface area contributed by atoms with Crippen molar-refractivity contribution in [2.24, 2.45) is 0 Å². The number of morpholine rings is 1. The second-order valence-electron chi connectivity index (χ2n) is 5.54. The van der Waals surface area contributed by atoms with E-state index in [-0.39, 0.29) is 4.90 Å². The summed E-state index contributed by atoms with van der Waals surface area (Å²) in [6, 6.07) is 6.63. The van der Waals surface area contributed by atoms with Crippen molar-refractivity contribution in [2.45, 2.75) is 31.3 Å². The van der Waals surface area contributed by atoms with Crippen molar-refractivity contribution >= 4 is 10.0 Å². The Bertz CT molecular complexity index is 659. The lowest BCUT2D eigenvalue weighted by molar-refractivity contribution is -0.0640. The number of hydrogen-bond acceptors (Lipinski definition) is 4. The molecule has 1 aromatic rings. The van der Waals surface area contributed by atoms with Gasteiger partial charge in [0.15, 0.2) is 0 Å². The minimum atomic E-state index is -3.54. The van der Waals surface area contributed by atoms with Gasteiger partial charge in [0.2, 0.25) is 10.0 Å². The molecule has 0 unspecified atom stereocenters. The number of aryl methyl sites for hydroxylation is 1. The van der Waals surface area contributed by atoms with Gasteiger partial charge in [-0.15, -0.1) is 0 Å². The molecule has 1 saturated heterocycles. The van der Waals surface area contributed by atoms with Crippen molar-refractivity contribution in [1.29, 1.82) is 5.26 Å². The van der Waals surface area contributed by atoms with Crippen LogP contribution in [0.1, 0.15) is 25.0 Å². The summed E-state index contributed by atoms with van der Waals surface area (Å²) in [6.45, 7) is 6.55. The van der Waals surface area contributed by atoms with Gasteiger partial charge in [0, 0.05) is 13.1 Å². The zero-order valence-electron chi connectivity index (χ0n) is 11.9. The van der Waals surface area contributed by atoms with Crippen LogP contribution in [-0.2, 0) is 14.8 Å². The molecule has 6 heteroatoms. The fourth-order valence-corrected chi connectivity index (χ4v) is 3.91. The van der Waals surface area contributed by atoms with E-state index in [0.29, 0.717) is 30.8 Å². The number of benzene rings is 1. The normalized spacial score (nSPS) is 19.5. The Kier molecular flexibility index (Phi) is 3.87. The Balaban J connectivity index is 2.36. The third kappa shape index (κ3) is 2.85. The number of nitrogens with zero attached hydrogens (tertiary/aromatic N) is 2. The van der Waals surface area contributed by atoms with Crippen LogP contribution in [-0.4, -0.2) is 38.0 Å². The van der Waals surface area contributed by atoms with Gasteiger partial charge in [0.25, 0.3) is 0 Å². The first kappa shape index (κ1) is 15.0. The van der Waals surface area contributed by atoms with Gasteiger partial charge in [-0.1, -0.05) is 0 Å². The highest BCUT2D eigenvalue weighted by Crippen LogP contribution is 2.24. The molecule has 108 valence electrons. The molecular weight excluding hydrogens is 276 g/mol. The maximum Gasteiger partial charge on any atom is 0.243 e. The van der Waals surface area contributed by atoms with Gasteiger partial charge in [0.1, 0.15) is 0 Å². The number of nitriles is 1. The van der Waals surface area contributed by atoms with E-state index >= 15 is 0 Å². The minimum absolute atomic E-state index is 0.228. The fourth-order valence-electron chi connectivity index (χ4n) is 2.25. The summed E-state index contributed by atoms with van der Waals surface area (Å²) < 4.78 is 32.2. The zero-order chi connectivity index (χ0) is 15.0. The molecule has 0 atom stereocenters. The van der Waals surface area contributed by atoms with Gasteiger partial charge >= 0.3 is 0 Å². The first-order chi connectivity index (χ1) is 9.26. The molecule has 0 aromatic heterocycles. The summed E-state index contributed by atoms with van der Waals surface area (Å²) in [5, 5.41) is 8.90. The van der Waals surface area contributed by atoms with Crippen LogP contribution >= 0.6 is 0 Å². The molecule has 0 aliphatic carbocycles. The molecule has 1 fully saturated rings. The topological polar surface area (TPSA) is 70.4 Å². The summed E-state index contributed by atoms with van der Waals surface area (Å²) in [5.41, 5.74) is 0.680.